The average molecular weight is 326 g/mol. The molecule has 4 nitrogen and oxygen atoms in total. The van der Waals surface area contributed by atoms with Gasteiger partial charge in [0, 0.05) is 0 Å². The summed E-state index contributed by atoms with van der Waals surface area (Å²) in [7, 11) is 1.69. The lowest BCUT2D eigenvalue weighted by molar-refractivity contribution is -0.0450. The highest BCUT2D eigenvalue weighted by molar-refractivity contribution is 5.27. The van der Waals surface area contributed by atoms with Crippen molar-refractivity contribution >= 4 is 0 Å². The van der Waals surface area contributed by atoms with Crippen LogP contribution in [0.2, 0.25) is 0 Å². The van der Waals surface area contributed by atoms with E-state index in [1.807, 2.05) is 18.3 Å². The summed E-state index contributed by atoms with van der Waals surface area (Å²) < 4.78 is 9.65. The molecule has 2 aromatic rings. The van der Waals surface area contributed by atoms with Gasteiger partial charge in [0.05, 0.1) is 25.9 Å². The molecule has 4 aliphatic rings. The number of aromatic hydroxyl groups is 1. The zero-order chi connectivity index (χ0) is 16.3. The van der Waals surface area contributed by atoms with E-state index in [4.69, 9.17) is 4.74 Å². The highest BCUT2D eigenvalue weighted by Gasteiger charge is 2.50. The molecule has 0 amide bonds. The number of methoxy groups -OCH3 is 1. The minimum atomic E-state index is 0.459. The molecule has 0 radical (unpaired) electrons. The van der Waals surface area contributed by atoms with Crippen molar-refractivity contribution in [1.29, 1.82) is 0 Å². The molecule has 0 saturated heterocycles. The number of ether oxygens (including phenoxy) is 1. The van der Waals surface area contributed by atoms with Crippen molar-refractivity contribution in [2.24, 2.45) is 23.7 Å². The van der Waals surface area contributed by atoms with Gasteiger partial charge in [-0.05, 0) is 73.5 Å². The van der Waals surface area contributed by atoms with Crippen molar-refractivity contribution in [3.05, 3.63) is 36.0 Å². The van der Waals surface area contributed by atoms with Crippen LogP contribution in [-0.4, -0.2) is 21.6 Å². The van der Waals surface area contributed by atoms with Crippen molar-refractivity contribution in [2.75, 3.05) is 7.11 Å². The van der Waals surface area contributed by atoms with Crippen LogP contribution in [0.1, 0.15) is 43.7 Å². The summed E-state index contributed by atoms with van der Waals surface area (Å²) in [6, 6.07) is 8.74. The first-order chi connectivity index (χ1) is 11.7. The van der Waals surface area contributed by atoms with Crippen LogP contribution in [0.15, 0.2) is 30.5 Å². The predicted octanol–water partition coefficient (Wildman–Crippen LogP) is 4.05. The molecule has 0 aliphatic heterocycles. The summed E-state index contributed by atoms with van der Waals surface area (Å²) in [4.78, 5) is 0. The van der Waals surface area contributed by atoms with Crippen molar-refractivity contribution in [2.45, 2.75) is 44.7 Å². The lowest BCUT2D eigenvalue weighted by atomic mass is 9.54. The first-order valence-corrected chi connectivity index (χ1v) is 9.30. The van der Waals surface area contributed by atoms with Gasteiger partial charge in [-0.1, -0.05) is 12.1 Å². The van der Waals surface area contributed by atoms with Gasteiger partial charge in [-0.15, -0.1) is 0 Å². The third-order valence-corrected chi connectivity index (χ3v) is 6.74. The van der Waals surface area contributed by atoms with Crippen molar-refractivity contribution in [3.63, 3.8) is 0 Å². The highest BCUT2D eigenvalue weighted by Crippen LogP contribution is 2.59. The molecule has 4 bridgehead atoms. The van der Waals surface area contributed by atoms with E-state index in [1.54, 1.807) is 7.11 Å². The molecule has 4 aliphatic carbocycles. The lowest BCUT2D eigenvalue weighted by Crippen LogP contribution is -2.48. The summed E-state index contributed by atoms with van der Waals surface area (Å²) in [5.74, 6) is 4.82. The largest absolute Gasteiger partial charge is 0.497 e. The Morgan fingerprint density at radius 1 is 1.00 bits per heavy atom. The summed E-state index contributed by atoms with van der Waals surface area (Å²) in [6.45, 7) is 0.816. The molecule has 1 aromatic heterocycles. The number of rotatable bonds is 4. The smallest absolute Gasteiger partial charge is 0.224 e. The molecule has 0 unspecified atom stereocenters. The topological polar surface area (TPSA) is 39.3 Å². The summed E-state index contributed by atoms with van der Waals surface area (Å²) in [5, 5.41) is 10.3. The molecule has 0 atom stereocenters. The number of hydrogen-bond acceptors (Lipinski definition) is 2. The number of aromatic nitrogens is 2. The number of benzene rings is 1. The van der Waals surface area contributed by atoms with E-state index >= 15 is 0 Å². The fourth-order valence-corrected chi connectivity index (χ4v) is 5.99. The first-order valence-electron chi connectivity index (χ1n) is 9.30. The second kappa shape index (κ2) is 5.33. The van der Waals surface area contributed by atoms with Crippen molar-refractivity contribution in [3.8, 4) is 11.6 Å². The van der Waals surface area contributed by atoms with Crippen molar-refractivity contribution < 1.29 is 9.84 Å². The Kier molecular flexibility index (Phi) is 3.22. The van der Waals surface area contributed by atoms with E-state index in [9.17, 15) is 5.11 Å². The Bertz CT molecular complexity index is 699. The van der Waals surface area contributed by atoms with Gasteiger partial charge >= 0.3 is 0 Å². The maximum Gasteiger partial charge on any atom is 0.224 e. The minimum absolute atomic E-state index is 0.459. The van der Waals surface area contributed by atoms with Crippen LogP contribution in [0, 0.1) is 23.7 Å². The molecular formula is C20H26N2O2. The third-order valence-electron chi connectivity index (χ3n) is 6.74. The van der Waals surface area contributed by atoms with E-state index in [0.29, 0.717) is 11.9 Å². The van der Waals surface area contributed by atoms with Crippen LogP contribution >= 0.6 is 0 Å². The SMILES string of the molecule is COc1ccc(Cn2cc(O)n2C2C3CC4CC(C3)CC2C4)cc1. The molecular weight excluding hydrogens is 300 g/mol. The van der Waals surface area contributed by atoms with E-state index < -0.39 is 0 Å². The van der Waals surface area contributed by atoms with Crippen LogP contribution in [0.3, 0.4) is 0 Å². The molecule has 1 heterocycles. The number of nitrogens with zero attached hydrogens (tertiary/aromatic N) is 2. The average Bonchev–Trinajstić information content (AvgIpc) is 2.57. The Morgan fingerprint density at radius 2 is 1.62 bits per heavy atom. The molecule has 1 aromatic carbocycles. The van der Waals surface area contributed by atoms with Gasteiger partial charge in [0.1, 0.15) is 5.75 Å². The molecule has 4 heteroatoms. The maximum absolute atomic E-state index is 10.3. The highest BCUT2D eigenvalue weighted by atomic mass is 16.5. The van der Waals surface area contributed by atoms with Gasteiger partial charge in [-0.3, -0.25) is 4.68 Å². The third kappa shape index (κ3) is 2.19. The zero-order valence-electron chi connectivity index (χ0n) is 14.3. The van der Waals surface area contributed by atoms with Crippen LogP contribution in [0.25, 0.3) is 0 Å². The second-order valence-corrected chi connectivity index (χ2v) is 8.20. The monoisotopic (exact) mass is 326 g/mol. The maximum atomic E-state index is 10.3. The molecule has 0 spiro atoms. The van der Waals surface area contributed by atoms with Crippen LogP contribution in [0.5, 0.6) is 11.6 Å². The minimum Gasteiger partial charge on any atom is -0.497 e. The molecule has 128 valence electrons. The van der Waals surface area contributed by atoms with E-state index in [-0.39, 0.29) is 0 Å². The fourth-order valence-electron chi connectivity index (χ4n) is 5.99. The van der Waals surface area contributed by atoms with Gasteiger partial charge in [0.15, 0.2) is 0 Å². The van der Waals surface area contributed by atoms with Gasteiger partial charge in [0.2, 0.25) is 5.88 Å². The Labute approximate surface area is 143 Å². The zero-order valence-corrected chi connectivity index (χ0v) is 14.3. The predicted molar refractivity (Wildman–Crippen MR) is 92.3 cm³/mol. The van der Waals surface area contributed by atoms with Gasteiger partial charge in [0.25, 0.3) is 0 Å². The second-order valence-electron chi connectivity index (χ2n) is 8.20. The summed E-state index contributed by atoms with van der Waals surface area (Å²) in [5.41, 5.74) is 1.24. The lowest BCUT2D eigenvalue weighted by Gasteiger charge is -2.55. The van der Waals surface area contributed by atoms with Gasteiger partial charge in [-0.2, -0.15) is 0 Å². The van der Waals surface area contributed by atoms with Crippen LogP contribution in [-0.2, 0) is 6.54 Å². The molecule has 4 saturated carbocycles. The molecule has 1 N–H and O–H groups in total. The molecule has 24 heavy (non-hydrogen) atoms. The Balaban J connectivity index is 1.40. The van der Waals surface area contributed by atoms with E-state index in [2.05, 4.69) is 21.5 Å². The summed E-state index contributed by atoms with van der Waals surface area (Å²) in [6.07, 6.45) is 8.84. The number of hydrogen-bond donors (Lipinski definition) is 1. The fraction of sp³-hybridized carbons (Fsp3) is 0.600. The normalized spacial score (nSPS) is 34.0. The van der Waals surface area contributed by atoms with Crippen molar-refractivity contribution in [1.82, 2.24) is 9.36 Å². The van der Waals surface area contributed by atoms with Gasteiger partial charge < -0.3 is 9.84 Å². The van der Waals surface area contributed by atoms with E-state index in [1.165, 1.54) is 37.7 Å². The first kappa shape index (κ1) is 14.5. The van der Waals surface area contributed by atoms with E-state index in [0.717, 1.165) is 36.0 Å². The quantitative estimate of drug-likeness (QED) is 0.920. The van der Waals surface area contributed by atoms with Crippen LogP contribution < -0.4 is 4.74 Å². The Hall–Kier alpha value is -1.84. The standard InChI is InChI=1S/C20H26N2O2/c1-24-18-4-2-13(3-5-18)11-21-12-19(23)22(21)20-16-7-14-6-15(9-16)10-17(20)8-14/h2-5,12,14-17,20,23H,6-11H2,1H3. The molecule has 4 fully saturated rings. The Morgan fingerprint density at radius 3 is 2.17 bits per heavy atom. The molecule has 6 rings (SSSR count). The van der Waals surface area contributed by atoms with Gasteiger partial charge in [-0.25, -0.2) is 4.68 Å². The van der Waals surface area contributed by atoms with Crippen LogP contribution in [0.4, 0.5) is 0 Å². The summed E-state index contributed by atoms with van der Waals surface area (Å²) >= 11 is 0.